The van der Waals surface area contributed by atoms with Gasteiger partial charge in [-0.3, -0.25) is 9.48 Å². The fourth-order valence-corrected chi connectivity index (χ4v) is 2.68. The van der Waals surface area contributed by atoms with Crippen molar-refractivity contribution in [1.29, 1.82) is 0 Å². The Morgan fingerprint density at radius 1 is 1.50 bits per heavy atom. The number of nitrogens with zero attached hydrogens (tertiary/aromatic N) is 3. The summed E-state index contributed by atoms with van der Waals surface area (Å²) in [5.74, 6) is 0.0207. The summed E-state index contributed by atoms with van der Waals surface area (Å²) in [7, 11) is 1.87. The lowest BCUT2D eigenvalue weighted by molar-refractivity contribution is -0.118. The molecule has 1 amide bonds. The number of carbonyl (C=O) groups excluding carboxylic acids is 1. The number of aryl methyl sites for hydroxylation is 2. The van der Waals surface area contributed by atoms with E-state index in [9.17, 15) is 4.79 Å². The topological polar surface area (TPSA) is 71.8 Å². The molecule has 2 N–H and O–H groups in total. The molecule has 1 atom stereocenters. The highest BCUT2D eigenvalue weighted by molar-refractivity contribution is 5.96. The average molecular weight is 273 g/mol. The van der Waals surface area contributed by atoms with Gasteiger partial charge in [-0.25, -0.2) is 4.98 Å². The summed E-state index contributed by atoms with van der Waals surface area (Å²) < 4.78 is 1.75. The lowest BCUT2D eigenvalue weighted by Crippen LogP contribution is -2.43. The predicted molar refractivity (Wildman–Crippen MR) is 77.5 cm³/mol. The molecular weight excluding hydrogens is 254 g/mol. The van der Waals surface area contributed by atoms with E-state index in [0.717, 1.165) is 48.2 Å². The number of anilines is 1. The van der Waals surface area contributed by atoms with Gasteiger partial charge in [-0.1, -0.05) is 6.42 Å². The van der Waals surface area contributed by atoms with E-state index in [1.165, 1.54) is 0 Å². The Balaban J connectivity index is 1.80. The van der Waals surface area contributed by atoms with E-state index in [1.54, 1.807) is 10.9 Å². The molecular formula is C14H19N5O. The van der Waals surface area contributed by atoms with Crippen LogP contribution in [0.3, 0.4) is 0 Å². The van der Waals surface area contributed by atoms with E-state index in [0.29, 0.717) is 0 Å². The van der Waals surface area contributed by atoms with Gasteiger partial charge in [0.25, 0.3) is 0 Å². The Bertz CT molecular complexity index is 642. The Hall–Kier alpha value is -1.95. The Morgan fingerprint density at radius 2 is 2.35 bits per heavy atom. The van der Waals surface area contributed by atoms with Crippen LogP contribution >= 0.6 is 0 Å². The monoisotopic (exact) mass is 273 g/mol. The highest BCUT2D eigenvalue weighted by atomic mass is 16.2. The van der Waals surface area contributed by atoms with Crippen LogP contribution in [0.15, 0.2) is 12.3 Å². The van der Waals surface area contributed by atoms with Gasteiger partial charge in [0.2, 0.25) is 5.91 Å². The molecule has 0 saturated carbocycles. The van der Waals surface area contributed by atoms with Crippen LogP contribution < -0.4 is 10.6 Å². The summed E-state index contributed by atoms with van der Waals surface area (Å²) in [4.78, 5) is 16.5. The number of pyridine rings is 1. The molecule has 20 heavy (non-hydrogen) atoms. The largest absolute Gasteiger partial charge is 0.323 e. The Labute approximate surface area is 117 Å². The van der Waals surface area contributed by atoms with Crippen molar-refractivity contribution in [3.05, 3.63) is 18.0 Å². The van der Waals surface area contributed by atoms with Crippen LogP contribution in [-0.2, 0) is 11.8 Å². The fourth-order valence-electron chi connectivity index (χ4n) is 2.68. The van der Waals surface area contributed by atoms with Crippen LogP contribution in [0.4, 0.5) is 5.69 Å². The number of hydrogen-bond donors (Lipinski definition) is 2. The van der Waals surface area contributed by atoms with Gasteiger partial charge < -0.3 is 10.6 Å². The summed E-state index contributed by atoms with van der Waals surface area (Å²) in [5, 5.41) is 11.5. The van der Waals surface area contributed by atoms with Crippen LogP contribution in [0.5, 0.6) is 0 Å². The highest BCUT2D eigenvalue weighted by Crippen LogP contribution is 2.19. The number of rotatable bonds is 2. The molecule has 0 spiro atoms. The molecule has 106 valence electrons. The third-order valence-corrected chi connectivity index (χ3v) is 3.76. The number of carbonyl (C=O) groups is 1. The third kappa shape index (κ3) is 2.38. The molecule has 0 aromatic carbocycles. The molecule has 3 heterocycles. The molecule has 3 rings (SSSR count). The van der Waals surface area contributed by atoms with Crippen LogP contribution in [0, 0.1) is 6.92 Å². The first kappa shape index (κ1) is 13.1. The zero-order valence-corrected chi connectivity index (χ0v) is 11.8. The van der Waals surface area contributed by atoms with Crippen LogP contribution in [0.2, 0.25) is 0 Å². The fraction of sp³-hybridized carbons (Fsp3) is 0.500. The van der Waals surface area contributed by atoms with E-state index in [2.05, 4.69) is 20.7 Å². The minimum absolute atomic E-state index is 0.0207. The molecule has 6 heteroatoms. The van der Waals surface area contributed by atoms with Crippen LogP contribution in [0.25, 0.3) is 11.0 Å². The maximum absolute atomic E-state index is 12.2. The molecule has 0 radical (unpaired) electrons. The van der Waals surface area contributed by atoms with Gasteiger partial charge in [-0.15, -0.1) is 0 Å². The molecule has 1 fully saturated rings. The van der Waals surface area contributed by atoms with Gasteiger partial charge in [0, 0.05) is 12.4 Å². The number of amides is 1. The van der Waals surface area contributed by atoms with Crippen LogP contribution in [0.1, 0.15) is 25.0 Å². The van der Waals surface area contributed by atoms with E-state index in [4.69, 9.17) is 0 Å². The molecule has 2 aromatic heterocycles. The van der Waals surface area contributed by atoms with Gasteiger partial charge in [0.1, 0.15) is 0 Å². The Kier molecular flexibility index (Phi) is 3.40. The van der Waals surface area contributed by atoms with Crippen molar-refractivity contribution in [2.45, 2.75) is 32.2 Å². The second-order valence-electron chi connectivity index (χ2n) is 5.30. The molecule has 1 aliphatic rings. The maximum atomic E-state index is 12.2. The Morgan fingerprint density at radius 3 is 3.10 bits per heavy atom. The maximum Gasteiger partial charge on any atom is 0.241 e. The third-order valence-electron chi connectivity index (χ3n) is 3.76. The standard InChI is InChI=1S/C14H19N5O/c1-9-11-7-10(8-16-13(11)19(2)18-9)17-14(20)12-5-3-4-6-15-12/h7-8,12,15H,3-6H2,1-2H3,(H,17,20)/t12-/m1/s1. The normalized spacial score (nSPS) is 19.2. The van der Waals surface area contributed by atoms with E-state index in [1.807, 2.05) is 20.0 Å². The van der Waals surface area contributed by atoms with E-state index in [-0.39, 0.29) is 11.9 Å². The number of hydrogen-bond acceptors (Lipinski definition) is 4. The summed E-state index contributed by atoms with van der Waals surface area (Å²) in [6, 6.07) is 1.85. The first-order valence-corrected chi connectivity index (χ1v) is 6.99. The number of nitrogens with one attached hydrogen (secondary N) is 2. The smallest absolute Gasteiger partial charge is 0.241 e. The minimum atomic E-state index is -0.0885. The predicted octanol–water partition coefficient (Wildman–Crippen LogP) is 1.36. The van der Waals surface area contributed by atoms with Crippen molar-refractivity contribution in [2.75, 3.05) is 11.9 Å². The van der Waals surface area contributed by atoms with Gasteiger partial charge in [0.15, 0.2) is 5.65 Å². The van der Waals surface area contributed by atoms with Crippen molar-refractivity contribution in [3.63, 3.8) is 0 Å². The molecule has 2 aromatic rings. The molecule has 0 unspecified atom stereocenters. The van der Waals surface area contributed by atoms with Gasteiger partial charge in [0.05, 0.1) is 23.6 Å². The van der Waals surface area contributed by atoms with Crippen LogP contribution in [-0.4, -0.2) is 33.3 Å². The summed E-state index contributed by atoms with van der Waals surface area (Å²) in [6.07, 6.45) is 4.83. The number of aromatic nitrogens is 3. The first-order chi connectivity index (χ1) is 9.65. The van der Waals surface area contributed by atoms with Gasteiger partial charge in [-0.2, -0.15) is 5.10 Å². The van der Waals surface area contributed by atoms with Crippen molar-refractivity contribution >= 4 is 22.6 Å². The van der Waals surface area contributed by atoms with Crippen molar-refractivity contribution in [1.82, 2.24) is 20.1 Å². The van der Waals surface area contributed by atoms with E-state index >= 15 is 0 Å². The lowest BCUT2D eigenvalue weighted by atomic mass is 10.0. The van der Waals surface area contributed by atoms with Crippen molar-refractivity contribution in [3.8, 4) is 0 Å². The summed E-state index contributed by atoms with van der Waals surface area (Å²) in [5.41, 5.74) is 2.48. The number of piperidine rings is 1. The average Bonchev–Trinajstić information content (AvgIpc) is 2.75. The number of fused-ring (bicyclic) bond motifs is 1. The first-order valence-electron chi connectivity index (χ1n) is 6.99. The lowest BCUT2D eigenvalue weighted by Gasteiger charge is -2.22. The molecule has 1 saturated heterocycles. The van der Waals surface area contributed by atoms with Gasteiger partial charge >= 0.3 is 0 Å². The molecule has 1 aliphatic heterocycles. The minimum Gasteiger partial charge on any atom is -0.323 e. The van der Waals surface area contributed by atoms with Crippen molar-refractivity contribution in [2.24, 2.45) is 7.05 Å². The quantitative estimate of drug-likeness (QED) is 0.866. The molecule has 6 nitrogen and oxygen atoms in total. The zero-order valence-electron chi connectivity index (χ0n) is 11.8. The second kappa shape index (κ2) is 5.20. The summed E-state index contributed by atoms with van der Waals surface area (Å²) >= 11 is 0. The van der Waals surface area contributed by atoms with Crippen molar-refractivity contribution < 1.29 is 4.79 Å². The zero-order chi connectivity index (χ0) is 14.1. The van der Waals surface area contributed by atoms with Gasteiger partial charge in [-0.05, 0) is 32.4 Å². The summed E-state index contributed by atoms with van der Waals surface area (Å²) in [6.45, 7) is 2.86. The van der Waals surface area contributed by atoms with E-state index < -0.39 is 0 Å². The second-order valence-corrected chi connectivity index (χ2v) is 5.30. The molecule has 0 aliphatic carbocycles. The molecule has 0 bridgehead atoms. The SMILES string of the molecule is Cc1nn(C)c2ncc(NC(=O)[C@H]3CCCCN3)cc12. The highest BCUT2D eigenvalue weighted by Gasteiger charge is 2.20.